The van der Waals surface area contributed by atoms with E-state index in [4.69, 9.17) is 16.3 Å². The summed E-state index contributed by atoms with van der Waals surface area (Å²) in [5, 5.41) is 0.568. The van der Waals surface area contributed by atoms with Gasteiger partial charge in [0, 0.05) is 24.1 Å². The molecule has 5 nitrogen and oxygen atoms in total. The van der Waals surface area contributed by atoms with E-state index in [9.17, 15) is 21.6 Å². The average molecular weight is 630 g/mol. The van der Waals surface area contributed by atoms with Crippen LogP contribution in [0.15, 0.2) is 57.7 Å². The lowest BCUT2D eigenvalue weighted by Crippen LogP contribution is -2.23. The maximum Gasteiger partial charge on any atom is 0.419 e. The molecule has 0 saturated carbocycles. The summed E-state index contributed by atoms with van der Waals surface area (Å²) in [6, 6.07) is 10.3. The summed E-state index contributed by atoms with van der Waals surface area (Å²) in [6.45, 7) is 1.21. The molecule has 0 radical (unpaired) electrons. The highest BCUT2D eigenvalue weighted by atomic mass is 79.9. The molecule has 0 spiro atoms. The number of anilines is 1. The quantitative estimate of drug-likeness (QED) is 0.346. The molecule has 2 aliphatic rings. The fraction of sp³-hybridized carbons (Fsp3) is 0.364. The lowest BCUT2D eigenvalue weighted by molar-refractivity contribution is -0.139. The van der Waals surface area contributed by atoms with Crippen molar-refractivity contribution in [1.29, 1.82) is 0 Å². The first kappa shape index (κ1) is 27.0. The van der Waals surface area contributed by atoms with Crippen LogP contribution in [0.4, 0.5) is 18.9 Å². The van der Waals surface area contributed by atoms with Gasteiger partial charge in [-0.1, -0.05) is 51.4 Å². The minimum absolute atomic E-state index is 0.00539. The van der Waals surface area contributed by atoms with Crippen LogP contribution in [-0.2, 0) is 16.2 Å². The molecule has 2 aromatic rings. The van der Waals surface area contributed by atoms with Gasteiger partial charge in [-0.25, -0.2) is 8.42 Å². The van der Waals surface area contributed by atoms with Gasteiger partial charge in [-0.3, -0.25) is 4.72 Å². The number of benzene rings is 2. The fourth-order valence-electron chi connectivity index (χ4n) is 3.63. The second-order valence-corrected chi connectivity index (χ2v) is 14.1. The van der Waals surface area contributed by atoms with E-state index in [1.165, 1.54) is 11.8 Å². The minimum atomic E-state index is -4.63. The third-order valence-corrected chi connectivity index (χ3v) is 12.0. The van der Waals surface area contributed by atoms with Crippen LogP contribution in [-0.4, -0.2) is 49.0 Å². The second kappa shape index (κ2) is 10.7. The third-order valence-electron chi connectivity index (χ3n) is 5.31. The predicted molar refractivity (Wildman–Crippen MR) is 140 cm³/mol. The normalized spacial score (nSPS) is 23.4. The smallest absolute Gasteiger partial charge is 0.419 e. The van der Waals surface area contributed by atoms with Crippen LogP contribution in [0, 0.1) is 0 Å². The highest BCUT2D eigenvalue weighted by molar-refractivity contribution is 9.09. The van der Waals surface area contributed by atoms with Gasteiger partial charge in [-0.05, 0) is 43.8 Å². The molecule has 2 heterocycles. The first-order chi connectivity index (χ1) is 16.4. The van der Waals surface area contributed by atoms with Crippen LogP contribution in [0.1, 0.15) is 12.0 Å². The van der Waals surface area contributed by atoms with E-state index in [1.807, 2.05) is 30.1 Å². The lowest BCUT2D eigenvalue weighted by Gasteiger charge is -2.19. The molecule has 0 amide bonds. The zero-order valence-corrected chi connectivity index (χ0v) is 23.1. The molecule has 3 atom stereocenters. The van der Waals surface area contributed by atoms with Crippen LogP contribution < -0.4 is 9.46 Å². The fourth-order valence-corrected chi connectivity index (χ4v) is 9.42. The summed E-state index contributed by atoms with van der Waals surface area (Å²) in [7, 11) is -2.17. The van der Waals surface area contributed by atoms with Crippen molar-refractivity contribution in [1.82, 2.24) is 4.90 Å². The van der Waals surface area contributed by atoms with Gasteiger partial charge in [0.05, 0.1) is 25.7 Å². The van der Waals surface area contributed by atoms with E-state index in [-0.39, 0.29) is 19.3 Å². The summed E-state index contributed by atoms with van der Waals surface area (Å²) in [4.78, 5) is 2.52. The van der Waals surface area contributed by atoms with Crippen molar-refractivity contribution in [2.75, 3.05) is 24.9 Å². The van der Waals surface area contributed by atoms with Crippen molar-refractivity contribution in [3.05, 3.63) is 63.4 Å². The molecule has 2 aromatic carbocycles. The van der Waals surface area contributed by atoms with E-state index in [2.05, 4.69) is 20.7 Å². The number of hydrogen-bond donors (Lipinski definition) is 1. The molecule has 1 saturated heterocycles. The maximum atomic E-state index is 13.5. The molecule has 1 N–H and O–H groups in total. The molecule has 0 bridgehead atoms. The van der Waals surface area contributed by atoms with Crippen molar-refractivity contribution in [2.45, 2.75) is 33.0 Å². The highest BCUT2D eigenvalue weighted by Crippen LogP contribution is 2.48. The van der Waals surface area contributed by atoms with Gasteiger partial charge in [0.1, 0.15) is 16.1 Å². The predicted octanol–water partition coefficient (Wildman–Crippen LogP) is 6.65. The first-order valence-electron chi connectivity index (χ1n) is 10.5. The molecule has 0 aliphatic carbocycles. The number of likely N-dealkylation sites (tertiary alicyclic amines) is 1. The molecule has 35 heavy (non-hydrogen) atoms. The Bertz CT molecular complexity index is 1230. The van der Waals surface area contributed by atoms with Crippen LogP contribution in [0.5, 0.6) is 5.75 Å². The van der Waals surface area contributed by atoms with Crippen LogP contribution >= 0.6 is 51.1 Å². The van der Waals surface area contributed by atoms with E-state index in [0.29, 0.717) is 24.5 Å². The summed E-state index contributed by atoms with van der Waals surface area (Å²) < 4.78 is 74.7. The number of nitrogens with one attached hydrogen (secondary N) is 1. The Kier molecular flexibility index (Phi) is 8.29. The van der Waals surface area contributed by atoms with E-state index >= 15 is 0 Å². The summed E-state index contributed by atoms with van der Waals surface area (Å²) in [6.07, 6.45) is -2.88. The van der Waals surface area contributed by atoms with Crippen molar-refractivity contribution in [3.8, 4) is 5.75 Å². The summed E-state index contributed by atoms with van der Waals surface area (Å²) >= 11 is 12.3. The van der Waals surface area contributed by atoms with Gasteiger partial charge in [-0.2, -0.15) is 13.2 Å². The van der Waals surface area contributed by atoms with Crippen LogP contribution in [0.3, 0.4) is 0 Å². The average Bonchev–Trinajstić information content (AvgIpc) is 3.34. The Labute approximate surface area is 224 Å². The molecule has 2 unspecified atom stereocenters. The Morgan fingerprint density at radius 3 is 2.66 bits per heavy atom. The summed E-state index contributed by atoms with van der Waals surface area (Å²) in [5.41, 5.74) is -0.949. The Morgan fingerprint density at radius 2 is 2.00 bits per heavy atom. The number of likely N-dealkylation sites (N-methyl/N-ethyl adjacent to an activating group) is 1. The van der Waals surface area contributed by atoms with E-state index < -0.39 is 33.6 Å². The molecular formula is C22H21BrClF3N2O3S3. The minimum Gasteiger partial charge on any atom is -0.488 e. The van der Waals surface area contributed by atoms with E-state index in [0.717, 1.165) is 34.9 Å². The molecule has 2 aliphatic heterocycles. The molecule has 4 rings (SSSR count). The van der Waals surface area contributed by atoms with Gasteiger partial charge in [-0.15, -0.1) is 11.8 Å². The second-order valence-electron chi connectivity index (χ2n) is 8.07. The molecule has 190 valence electrons. The van der Waals surface area contributed by atoms with Crippen LogP contribution in [0.25, 0.3) is 0 Å². The largest absolute Gasteiger partial charge is 0.488 e. The third kappa shape index (κ3) is 6.64. The number of halogens is 5. The zero-order chi connectivity index (χ0) is 25.4. The standard InChI is InChI=1S/C22H21BrClF3N2O3S3/c1-29-9-8-14(12-29)32-18-10-13(6-7-15(18)22(25,26)27)28-35(30,31)20-11-16(23)21(34-20)33-19-5-3-2-4-17(19)24/h2-7,10-11,14,16,21,28H,8-9,12H2,1H3/t14-,16?,21?/m1/s1. The monoisotopic (exact) mass is 628 g/mol. The number of ether oxygens (including phenoxy) is 1. The number of allylic oxidation sites excluding steroid dienone is 1. The van der Waals surface area contributed by atoms with Gasteiger partial charge in [0.2, 0.25) is 0 Å². The van der Waals surface area contributed by atoms with Crippen molar-refractivity contribution < 1.29 is 26.3 Å². The number of hydrogen-bond acceptors (Lipinski definition) is 6. The van der Waals surface area contributed by atoms with E-state index in [1.54, 1.807) is 12.1 Å². The number of sulfonamides is 1. The molecule has 1 fully saturated rings. The van der Waals surface area contributed by atoms with Gasteiger partial charge in [0.25, 0.3) is 10.0 Å². The SMILES string of the molecule is CN1CC[C@@H](Oc2cc(NS(=O)(=O)C3=CC(Br)C(Sc4ccccc4Cl)S3)ccc2C(F)(F)F)C1. The topological polar surface area (TPSA) is 58.6 Å². The Morgan fingerprint density at radius 1 is 1.26 bits per heavy atom. The van der Waals surface area contributed by atoms with Crippen molar-refractivity contribution in [3.63, 3.8) is 0 Å². The van der Waals surface area contributed by atoms with Crippen molar-refractivity contribution >= 4 is 66.8 Å². The maximum absolute atomic E-state index is 13.5. The number of thioether (sulfide) groups is 2. The summed E-state index contributed by atoms with van der Waals surface area (Å²) in [5.74, 6) is -0.392. The Balaban J connectivity index is 1.51. The number of nitrogens with zero attached hydrogens (tertiary/aromatic N) is 1. The first-order valence-corrected chi connectivity index (χ1v) is 15.0. The number of alkyl halides is 4. The molecule has 13 heteroatoms. The van der Waals surface area contributed by atoms with Crippen LogP contribution in [0.2, 0.25) is 5.02 Å². The molecule has 0 aromatic heterocycles. The van der Waals surface area contributed by atoms with Gasteiger partial charge < -0.3 is 9.64 Å². The zero-order valence-electron chi connectivity index (χ0n) is 18.3. The molecular weight excluding hydrogens is 609 g/mol. The number of rotatable bonds is 7. The lowest BCUT2D eigenvalue weighted by atomic mass is 10.1. The highest BCUT2D eigenvalue weighted by Gasteiger charge is 2.37. The van der Waals surface area contributed by atoms with Gasteiger partial charge >= 0.3 is 6.18 Å². The van der Waals surface area contributed by atoms with Crippen molar-refractivity contribution in [2.24, 2.45) is 0 Å². The van der Waals surface area contributed by atoms with Gasteiger partial charge in [0.15, 0.2) is 0 Å². The Hall–Kier alpha value is -1.05.